The third-order valence-electron chi connectivity index (χ3n) is 5.47. The number of carbonyl (C=O) groups is 2. The van der Waals surface area contributed by atoms with E-state index < -0.39 is 5.97 Å². The first-order chi connectivity index (χ1) is 13.0. The Hall–Kier alpha value is -2.62. The van der Waals surface area contributed by atoms with Crippen molar-refractivity contribution in [1.82, 2.24) is 4.90 Å². The largest absolute Gasteiger partial charge is 0.478 e. The van der Waals surface area contributed by atoms with Crippen molar-refractivity contribution in [3.63, 3.8) is 0 Å². The van der Waals surface area contributed by atoms with Crippen LogP contribution in [0.1, 0.15) is 46.3 Å². The number of aryl methyl sites for hydroxylation is 2. The van der Waals surface area contributed by atoms with Crippen molar-refractivity contribution in [3.8, 4) is 0 Å². The second-order valence-electron chi connectivity index (χ2n) is 7.48. The summed E-state index contributed by atoms with van der Waals surface area (Å²) in [5.41, 5.74) is 3.73. The number of likely N-dealkylation sites (tertiary alicyclic amines) is 1. The van der Waals surface area contributed by atoms with E-state index in [0.717, 1.165) is 44.3 Å². The molecule has 3 rings (SSSR count). The predicted octanol–water partition coefficient (Wildman–Crippen LogP) is 4.11. The van der Waals surface area contributed by atoms with E-state index in [9.17, 15) is 14.7 Å². The molecule has 1 saturated heterocycles. The van der Waals surface area contributed by atoms with Gasteiger partial charge in [-0.3, -0.25) is 4.79 Å². The number of benzene rings is 2. The fourth-order valence-corrected chi connectivity index (χ4v) is 3.77. The van der Waals surface area contributed by atoms with Gasteiger partial charge in [0.1, 0.15) is 0 Å². The molecule has 2 aromatic carbocycles. The first kappa shape index (κ1) is 19.2. The van der Waals surface area contributed by atoms with E-state index in [1.54, 1.807) is 12.1 Å². The number of carboxylic acids is 1. The fraction of sp³-hybridized carbons (Fsp3) is 0.391. The van der Waals surface area contributed by atoms with Crippen LogP contribution in [0.25, 0.3) is 0 Å². The Morgan fingerprint density at radius 2 is 1.70 bits per heavy atom. The highest BCUT2D eigenvalue weighted by Crippen LogP contribution is 2.24. The molecule has 0 spiro atoms. The minimum atomic E-state index is -0.866. The maximum Gasteiger partial charge on any atom is 0.335 e. The third-order valence-corrected chi connectivity index (χ3v) is 5.47. The molecule has 4 heteroatoms. The Bertz CT molecular complexity index is 790. The highest BCUT2D eigenvalue weighted by Gasteiger charge is 2.24. The number of carboxylic acid groups (broad SMARTS) is 1. The zero-order valence-electron chi connectivity index (χ0n) is 15.9. The molecule has 0 saturated carbocycles. The molecule has 0 bridgehead atoms. The molecule has 0 radical (unpaired) electrons. The van der Waals surface area contributed by atoms with Crippen LogP contribution in [0, 0.1) is 12.8 Å². The number of piperidine rings is 1. The zero-order chi connectivity index (χ0) is 19.2. The highest BCUT2D eigenvalue weighted by atomic mass is 16.4. The summed E-state index contributed by atoms with van der Waals surface area (Å²) in [6.45, 7) is 3.60. The number of hydrogen-bond acceptors (Lipinski definition) is 2. The number of carbonyl (C=O) groups excluding carboxylic acids is 1. The summed E-state index contributed by atoms with van der Waals surface area (Å²) in [5.74, 6) is -0.207. The van der Waals surface area contributed by atoms with Crippen LogP contribution in [0.3, 0.4) is 0 Å². The quantitative estimate of drug-likeness (QED) is 0.838. The third kappa shape index (κ3) is 5.19. The lowest BCUT2D eigenvalue weighted by atomic mass is 9.88. The predicted molar refractivity (Wildman–Crippen MR) is 106 cm³/mol. The van der Waals surface area contributed by atoms with Gasteiger partial charge in [0, 0.05) is 19.5 Å². The van der Waals surface area contributed by atoms with Crippen molar-refractivity contribution in [2.45, 2.75) is 39.0 Å². The summed E-state index contributed by atoms with van der Waals surface area (Å²) in [6, 6.07) is 15.6. The topological polar surface area (TPSA) is 57.6 Å². The van der Waals surface area contributed by atoms with E-state index in [2.05, 4.69) is 31.2 Å². The molecule has 1 aliphatic heterocycles. The summed E-state index contributed by atoms with van der Waals surface area (Å²) in [5, 5.41) is 9.33. The minimum Gasteiger partial charge on any atom is -0.478 e. The van der Waals surface area contributed by atoms with Crippen LogP contribution in [0.2, 0.25) is 0 Å². The van der Waals surface area contributed by atoms with Crippen molar-refractivity contribution in [3.05, 3.63) is 70.8 Å². The molecule has 4 nitrogen and oxygen atoms in total. The molecule has 2 aromatic rings. The lowest BCUT2D eigenvalue weighted by Crippen LogP contribution is -2.39. The molecule has 1 N–H and O–H groups in total. The lowest BCUT2D eigenvalue weighted by molar-refractivity contribution is -0.132. The van der Waals surface area contributed by atoms with Crippen LogP contribution in [0.15, 0.2) is 48.5 Å². The second kappa shape index (κ2) is 8.85. The average molecular weight is 365 g/mol. The smallest absolute Gasteiger partial charge is 0.335 e. The molecule has 1 heterocycles. The van der Waals surface area contributed by atoms with Crippen molar-refractivity contribution in [2.75, 3.05) is 13.1 Å². The Morgan fingerprint density at radius 1 is 1.04 bits per heavy atom. The van der Waals surface area contributed by atoms with Crippen LogP contribution < -0.4 is 0 Å². The van der Waals surface area contributed by atoms with Gasteiger partial charge in [0.2, 0.25) is 5.91 Å². The Morgan fingerprint density at radius 3 is 2.37 bits per heavy atom. The first-order valence-corrected chi connectivity index (χ1v) is 9.67. The summed E-state index contributed by atoms with van der Waals surface area (Å²) in [7, 11) is 0. The van der Waals surface area contributed by atoms with Gasteiger partial charge in [-0.05, 0) is 55.7 Å². The van der Waals surface area contributed by atoms with Gasteiger partial charge in [0.25, 0.3) is 0 Å². The van der Waals surface area contributed by atoms with E-state index in [1.165, 1.54) is 11.1 Å². The second-order valence-corrected chi connectivity index (χ2v) is 7.48. The number of rotatable bonds is 6. The van der Waals surface area contributed by atoms with E-state index in [0.29, 0.717) is 17.9 Å². The van der Waals surface area contributed by atoms with Gasteiger partial charge in [0.15, 0.2) is 0 Å². The molecular formula is C23H27NO3. The van der Waals surface area contributed by atoms with E-state index in [4.69, 9.17) is 0 Å². The Balaban J connectivity index is 1.48. The normalized spacial score (nSPS) is 14.9. The minimum absolute atomic E-state index is 0.222. The van der Waals surface area contributed by atoms with Crippen LogP contribution in [-0.4, -0.2) is 35.0 Å². The van der Waals surface area contributed by atoms with Crippen molar-refractivity contribution in [1.29, 1.82) is 0 Å². The Kier molecular flexibility index (Phi) is 6.28. The van der Waals surface area contributed by atoms with Gasteiger partial charge in [-0.2, -0.15) is 0 Å². The van der Waals surface area contributed by atoms with Gasteiger partial charge in [-0.1, -0.05) is 48.0 Å². The molecule has 1 amide bonds. The van der Waals surface area contributed by atoms with E-state index >= 15 is 0 Å². The van der Waals surface area contributed by atoms with Crippen LogP contribution >= 0.6 is 0 Å². The van der Waals surface area contributed by atoms with E-state index in [-0.39, 0.29) is 5.91 Å². The molecule has 1 fully saturated rings. The number of amides is 1. The van der Waals surface area contributed by atoms with Gasteiger partial charge < -0.3 is 10.0 Å². The molecule has 0 aromatic heterocycles. The van der Waals surface area contributed by atoms with Gasteiger partial charge in [-0.15, -0.1) is 0 Å². The summed E-state index contributed by atoms with van der Waals surface area (Å²) < 4.78 is 0. The van der Waals surface area contributed by atoms with Crippen molar-refractivity contribution in [2.24, 2.45) is 5.92 Å². The molecular weight excluding hydrogens is 338 g/mol. The SMILES string of the molecule is Cc1ccc(CCC(=O)N2CCC(Cc3ccccc3C(=O)O)CC2)cc1. The average Bonchev–Trinajstić information content (AvgIpc) is 2.68. The summed E-state index contributed by atoms with van der Waals surface area (Å²) >= 11 is 0. The zero-order valence-corrected chi connectivity index (χ0v) is 15.9. The summed E-state index contributed by atoms with van der Waals surface area (Å²) in [6.07, 6.45) is 3.98. The highest BCUT2D eigenvalue weighted by molar-refractivity contribution is 5.89. The lowest BCUT2D eigenvalue weighted by Gasteiger charge is -2.32. The van der Waals surface area contributed by atoms with Crippen LogP contribution in [0.5, 0.6) is 0 Å². The van der Waals surface area contributed by atoms with Crippen molar-refractivity contribution >= 4 is 11.9 Å². The molecule has 1 aliphatic rings. The van der Waals surface area contributed by atoms with Gasteiger partial charge in [-0.25, -0.2) is 4.79 Å². The van der Waals surface area contributed by atoms with Gasteiger partial charge in [0.05, 0.1) is 5.56 Å². The number of hydrogen-bond donors (Lipinski definition) is 1. The molecule has 27 heavy (non-hydrogen) atoms. The number of aromatic carboxylic acids is 1. The van der Waals surface area contributed by atoms with Crippen LogP contribution in [0.4, 0.5) is 0 Å². The van der Waals surface area contributed by atoms with Crippen molar-refractivity contribution < 1.29 is 14.7 Å². The maximum absolute atomic E-state index is 12.5. The fourth-order valence-electron chi connectivity index (χ4n) is 3.77. The molecule has 142 valence electrons. The molecule has 0 atom stereocenters. The summed E-state index contributed by atoms with van der Waals surface area (Å²) in [4.78, 5) is 25.8. The van der Waals surface area contributed by atoms with E-state index in [1.807, 2.05) is 17.0 Å². The Labute approximate surface area is 160 Å². The first-order valence-electron chi connectivity index (χ1n) is 9.67. The maximum atomic E-state index is 12.5. The molecule has 0 unspecified atom stereocenters. The van der Waals surface area contributed by atoms with Gasteiger partial charge >= 0.3 is 5.97 Å². The number of nitrogens with zero attached hydrogens (tertiary/aromatic N) is 1. The standard InChI is InChI=1S/C23H27NO3/c1-17-6-8-18(9-7-17)10-11-22(25)24-14-12-19(13-15-24)16-20-4-2-3-5-21(20)23(26)27/h2-9,19H,10-16H2,1H3,(H,26,27). The molecule has 0 aliphatic carbocycles. The van der Waals surface area contributed by atoms with Crippen LogP contribution in [-0.2, 0) is 17.6 Å². The monoisotopic (exact) mass is 365 g/mol.